The van der Waals surface area contributed by atoms with Crippen molar-refractivity contribution in [1.29, 1.82) is 5.26 Å². The smallest absolute Gasteiger partial charge is 0.304 e. The molecule has 0 saturated carbocycles. The van der Waals surface area contributed by atoms with Crippen molar-refractivity contribution in [3.8, 4) is 34.8 Å². The van der Waals surface area contributed by atoms with Gasteiger partial charge in [-0.1, -0.05) is 56.2 Å². The van der Waals surface area contributed by atoms with Gasteiger partial charge in [-0.2, -0.15) is 10.4 Å². The fraction of sp³-hybridized carbons (Fsp3) is 0.267. The topological polar surface area (TPSA) is 101 Å². The van der Waals surface area contributed by atoms with Crippen molar-refractivity contribution in [2.75, 3.05) is 0 Å². The Morgan fingerprint density at radius 1 is 1.14 bits per heavy atom. The quantitative estimate of drug-likeness (QED) is 0.299. The monoisotopic (exact) mass is 492 g/mol. The number of nitriles is 1. The standard InChI is InChI=1S/C30H28N4O3/c1-4-7-24(17-28(35)36)22-10-12-25(13-11-22)37-19-21-16-27(26-9-6-5-8-23(26)14-15-31)30-32-29(20(2)3)33-34(30)18-21/h5-6,8-13,16,18,20,24H,14,17,19H2,1-3H3,(H,35,36). The molecule has 1 N–H and O–H groups in total. The molecule has 4 rings (SSSR count). The molecule has 0 fully saturated rings. The number of fused-ring (bicyclic) bond motifs is 1. The van der Waals surface area contributed by atoms with Crippen LogP contribution in [0.5, 0.6) is 5.75 Å². The van der Waals surface area contributed by atoms with Crippen molar-refractivity contribution >= 4 is 11.6 Å². The van der Waals surface area contributed by atoms with Crippen molar-refractivity contribution in [2.24, 2.45) is 0 Å². The number of carboxylic acid groups (broad SMARTS) is 1. The van der Waals surface area contributed by atoms with Crippen LogP contribution in [0.2, 0.25) is 0 Å². The highest BCUT2D eigenvalue weighted by molar-refractivity contribution is 5.80. The summed E-state index contributed by atoms with van der Waals surface area (Å²) in [4.78, 5) is 16.0. The van der Waals surface area contributed by atoms with Crippen LogP contribution in [0, 0.1) is 23.2 Å². The molecule has 186 valence electrons. The molecule has 0 aliphatic heterocycles. The van der Waals surface area contributed by atoms with Gasteiger partial charge in [0.15, 0.2) is 11.5 Å². The van der Waals surface area contributed by atoms with E-state index in [1.807, 2.05) is 60.8 Å². The summed E-state index contributed by atoms with van der Waals surface area (Å²) in [6.45, 7) is 6.11. The van der Waals surface area contributed by atoms with E-state index in [0.29, 0.717) is 18.8 Å². The zero-order chi connectivity index (χ0) is 26.4. The van der Waals surface area contributed by atoms with E-state index in [1.54, 1.807) is 11.4 Å². The van der Waals surface area contributed by atoms with Gasteiger partial charge >= 0.3 is 5.97 Å². The second-order valence-corrected chi connectivity index (χ2v) is 9.05. The van der Waals surface area contributed by atoms with E-state index in [-0.39, 0.29) is 18.3 Å². The van der Waals surface area contributed by atoms with E-state index in [0.717, 1.165) is 39.3 Å². The largest absolute Gasteiger partial charge is 0.489 e. The molecule has 2 heterocycles. The third kappa shape index (κ3) is 5.97. The lowest BCUT2D eigenvalue weighted by molar-refractivity contribution is -0.137. The summed E-state index contributed by atoms with van der Waals surface area (Å²) in [5, 5.41) is 23.2. The van der Waals surface area contributed by atoms with E-state index in [1.165, 1.54) is 0 Å². The Kier molecular flexibility index (Phi) is 7.86. The normalized spacial score (nSPS) is 11.5. The van der Waals surface area contributed by atoms with Gasteiger partial charge in [-0.25, -0.2) is 9.50 Å². The Balaban J connectivity index is 1.64. The predicted molar refractivity (Wildman–Crippen MR) is 141 cm³/mol. The summed E-state index contributed by atoms with van der Waals surface area (Å²) in [6, 6.07) is 19.5. The number of carboxylic acids is 1. The number of benzene rings is 2. The van der Waals surface area contributed by atoms with E-state index in [4.69, 9.17) is 9.72 Å². The molecule has 4 aromatic rings. The van der Waals surface area contributed by atoms with Gasteiger partial charge in [-0.15, -0.1) is 5.92 Å². The zero-order valence-corrected chi connectivity index (χ0v) is 21.1. The minimum atomic E-state index is -0.885. The molecule has 0 aliphatic carbocycles. The maximum atomic E-state index is 11.2. The molecule has 1 unspecified atom stereocenters. The fourth-order valence-electron chi connectivity index (χ4n) is 4.17. The van der Waals surface area contributed by atoms with Crippen LogP contribution in [0.3, 0.4) is 0 Å². The Morgan fingerprint density at radius 2 is 1.89 bits per heavy atom. The molecule has 0 bridgehead atoms. The molecule has 2 aromatic carbocycles. The SMILES string of the molecule is CC#CC(CC(=O)O)c1ccc(OCc2cc(-c3ccccc3CC#N)c3nc(C(C)C)nn3c2)cc1. The number of nitrogens with zero attached hydrogens (tertiary/aromatic N) is 4. The highest BCUT2D eigenvalue weighted by atomic mass is 16.5. The van der Waals surface area contributed by atoms with E-state index in [2.05, 4.69) is 36.9 Å². The Hall–Kier alpha value is -4.62. The highest BCUT2D eigenvalue weighted by Gasteiger charge is 2.17. The van der Waals surface area contributed by atoms with Crippen molar-refractivity contribution in [1.82, 2.24) is 14.6 Å². The first-order valence-corrected chi connectivity index (χ1v) is 12.1. The molecule has 1 atom stereocenters. The molecule has 0 amide bonds. The molecule has 2 aromatic heterocycles. The molecular formula is C30H28N4O3. The number of hydrogen-bond donors (Lipinski definition) is 1. The summed E-state index contributed by atoms with van der Waals surface area (Å²) < 4.78 is 7.86. The van der Waals surface area contributed by atoms with Gasteiger partial charge in [0.05, 0.1) is 24.8 Å². The lowest BCUT2D eigenvalue weighted by atomic mass is 9.96. The van der Waals surface area contributed by atoms with Crippen LogP contribution in [-0.4, -0.2) is 25.7 Å². The number of pyridine rings is 1. The van der Waals surface area contributed by atoms with E-state index in [9.17, 15) is 15.2 Å². The van der Waals surface area contributed by atoms with E-state index >= 15 is 0 Å². The number of aromatic nitrogens is 3. The van der Waals surface area contributed by atoms with Crippen LogP contribution in [0.1, 0.15) is 61.5 Å². The zero-order valence-electron chi connectivity index (χ0n) is 21.1. The highest BCUT2D eigenvalue weighted by Crippen LogP contribution is 2.30. The number of rotatable bonds is 9. The number of aliphatic carboxylic acids is 1. The molecule has 0 radical (unpaired) electrons. The van der Waals surface area contributed by atoms with Crippen LogP contribution >= 0.6 is 0 Å². The van der Waals surface area contributed by atoms with Crippen LogP contribution < -0.4 is 4.74 Å². The average molecular weight is 493 g/mol. The first kappa shape index (κ1) is 25.5. The first-order chi connectivity index (χ1) is 17.9. The first-order valence-electron chi connectivity index (χ1n) is 12.1. The minimum Gasteiger partial charge on any atom is -0.489 e. The third-order valence-corrected chi connectivity index (χ3v) is 5.99. The van der Waals surface area contributed by atoms with Crippen molar-refractivity contribution < 1.29 is 14.6 Å². The molecule has 37 heavy (non-hydrogen) atoms. The summed E-state index contributed by atoms with van der Waals surface area (Å²) >= 11 is 0. The Labute approximate surface area is 216 Å². The third-order valence-electron chi connectivity index (χ3n) is 5.99. The average Bonchev–Trinajstić information content (AvgIpc) is 3.32. The molecule has 0 spiro atoms. The van der Waals surface area contributed by atoms with Crippen molar-refractivity contribution in [2.45, 2.75) is 52.1 Å². The lowest BCUT2D eigenvalue weighted by Gasteiger charge is -2.13. The molecule has 0 aliphatic rings. The second-order valence-electron chi connectivity index (χ2n) is 9.05. The Morgan fingerprint density at radius 3 is 2.57 bits per heavy atom. The van der Waals surface area contributed by atoms with Gasteiger partial charge in [0.1, 0.15) is 12.4 Å². The van der Waals surface area contributed by atoms with Crippen LogP contribution in [0.25, 0.3) is 16.8 Å². The van der Waals surface area contributed by atoms with Crippen LogP contribution in [0.4, 0.5) is 0 Å². The fourth-order valence-corrected chi connectivity index (χ4v) is 4.17. The van der Waals surface area contributed by atoms with Gasteiger partial charge in [0, 0.05) is 23.2 Å². The summed E-state index contributed by atoms with van der Waals surface area (Å²) in [5.41, 5.74) is 5.26. The van der Waals surface area contributed by atoms with Gasteiger partial charge in [0.2, 0.25) is 0 Å². The van der Waals surface area contributed by atoms with Crippen LogP contribution in [0.15, 0.2) is 60.8 Å². The van der Waals surface area contributed by atoms with Crippen molar-refractivity contribution in [3.05, 3.63) is 83.3 Å². The summed E-state index contributed by atoms with van der Waals surface area (Å²) in [5.74, 6) is 6.11. The lowest BCUT2D eigenvalue weighted by Crippen LogP contribution is -2.05. The van der Waals surface area contributed by atoms with E-state index < -0.39 is 5.97 Å². The van der Waals surface area contributed by atoms with Gasteiger partial charge < -0.3 is 9.84 Å². The number of carbonyl (C=O) groups is 1. The molecule has 0 saturated heterocycles. The van der Waals surface area contributed by atoms with Gasteiger partial charge in [-0.3, -0.25) is 4.79 Å². The number of ether oxygens (including phenoxy) is 1. The molecule has 7 heteroatoms. The maximum absolute atomic E-state index is 11.2. The molecular weight excluding hydrogens is 464 g/mol. The van der Waals surface area contributed by atoms with Gasteiger partial charge in [-0.05, 0) is 41.8 Å². The molecule has 7 nitrogen and oxygen atoms in total. The summed E-state index contributed by atoms with van der Waals surface area (Å²) in [7, 11) is 0. The summed E-state index contributed by atoms with van der Waals surface area (Å²) in [6.07, 6.45) is 2.16. The second kappa shape index (κ2) is 11.4. The Bertz CT molecular complexity index is 1520. The maximum Gasteiger partial charge on any atom is 0.304 e. The van der Waals surface area contributed by atoms with Crippen molar-refractivity contribution in [3.63, 3.8) is 0 Å². The number of hydrogen-bond acceptors (Lipinski definition) is 5. The van der Waals surface area contributed by atoms with Gasteiger partial charge in [0.25, 0.3) is 0 Å². The predicted octanol–water partition coefficient (Wildman–Crippen LogP) is 5.75. The van der Waals surface area contributed by atoms with Crippen LogP contribution in [-0.2, 0) is 17.8 Å². The minimum absolute atomic E-state index is 0.0482.